The minimum absolute atomic E-state index is 0.0614. The number of likely N-dealkylation sites (tertiary alicyclic amines) is 1. The molecule has 0 aromatic carbocycles. The van der Waals surface area contributed by atoms with E-state index < -0.39 is 53.0 Å². The minimum Gasteiger partial charge on any atom is -0.338 e. The Balaban J connectivity index is 1.85. The van der Waals surface area contributed by atoms with Crippen molar-refractivity contribution in [1.82, 2.24) is 20.5 Å². The van der Waals surface area contributed by atoms with Crippen molar-refractivity contribution in [2.75, 3.05) is 6.54 Å². The summed E-state index contributed by atoms with van der Waals surface area (Å²) in [6.07, 6.45) is -3.81. The largest absolute Gasteiger partial charge is 0.471 e. The van der Waals surface area contributed by atoms with Crippen molar-refractivity contribution in [3.8, 4) is 6.07 Å². The third-order valence-electron chi connectivity index (χ3n) is 7.20. The first-order valence-corrected chi connectivity index (χ1v) is 11.5. The van der Waals surface area contributed by atoms with Gasteiger partial charge >= 0.3 is 12.1 Å². The van der Waals surface area contributed by atoms with Crippen LogP contribution >= 0.6 is 0 Å². The molecule has 0 spiro atoms. The molecule has 196 valence electrons. The molecule has 2 aliphatic rings. The molecule has 2 fully saturated rings. The van der Waals surface area contributed by atoms with E-state index in [-0.39, 0.29) is 35.8 Å². The SMILES string of the molecule is CC(C)(C)[C@H](NC(=O)C(F)(F)F)C(=O)N1C[C@H]2[C@@H]([C@H]1C(=O)NC(C#N)Cc1ccc[nH]c1=O)C2(C)C. The topological polar surface area (TPSA) is 135 Å². The van der Waals surface area contributed by atoms with Crippen LogP contribution in [0.4, 0.5) is 13.2 Å². The molecule has 1 saturated heterocycles. The molecule has 3 amide bonds. The van der Waals surface area contributed by atoms with Gasteiger partial charge in [0.15, 0.2) is 0 Å². The van der Waals surface area contributed by atoms with Crippen LogP contribution in [0.5, 0.6) is 0 Å². The van der Waals surface area contributed by atoms with E-state index in [2.05, 4.69) is 10.3 Å². The van der Waals surface area contributed by atoms with Gasteiger partial charge in [-0.1, -0.05) is 40.7 Å². The van der Waals surface area contributed by atoms with Crippen LogP contribution < -0.4 is 16.2 Å². The zero-order valence-corrected chi connectivity index (χ0v) is 20.7. The van der Waals surface area contributed by atoms with Crippen molar-refractivity contribution in [1.29, 1.82) is 5.26 Å². The summed E-state index contributed by atoms with van der Waals surface area (Å²) < 4.78 is 38.8. The second kappa shape index (κ2) is 9.26. The number of nitriles is 1. The smallest absolute Gasteiger partial charge is 0.338 e. The lowest BCUT2D eigenvalue weighted by atomic mass is 9.85. The van der Waals surface area contributed by atoms with Crippen molar-refractivity contribution in [2.24, 2.45) is 22.7 Å². The minimum atomic E-state index is -5.18. The van der Waals surface area contributed by atoms with Crippen LogP contribution in [0.15, 0.2) is 23.1 Å². The third kappa shape index (κ3) is 5.24. The normalized spacial score (nSPS) is 24.2. The van der Waals surface area contributed by atoms with Crippen LogP contribution in [0.3, 0.4) is 0 Å². The summed E-state index contributed by atoms with van der Waals surface area (Å²) in [7, 11) is 0. The highest BCUT2D eigenvalue weighted by Gasteiger charge is 2.70. The number of halogens is 3. The van der Waals surface area contributed by atoms with Crippen molar-refractivity contribution in [2.45, 2.75) is 65.3 Å². The molecule has 1 aliphatic carbocycles. The van der Waals surface area contributed by atoms with Gasteiger partial charge in [0, 0.05) is 24.7 Å². The van der Waals surface area contributed by atoms with Gasteiger partial charge < -0.3 is 20.5 Å². The number of nitrogens with one attached hydrogen (secondary N) is 3. The number of carbonyl (C=O) groups is 3. The number of nitrogens with zero attached hydrogens (tertiary/aromatic N) is 2. The van der Waals surface area contributed by atoms with Gasteiger partial charge in [-0.15, -0.1) is 0 Å². The van der Waals surface area contributed by atoms with Crippen molar-refractivity contribution in [3.63, 3.8) is 0 Å². The third-order valence-corrected chi connectivity index (χ3v) is 7.20. The van der Waals surface area contributed by atoms with Gasteiger partial charge in [0.1, 0.15) is 18.1 Å². The number of carbonyl (C=O) groups excluding carboxylic acids is 3. The zero-order valence-electron chi connectivity index (χ0n) is 20.7. The maximum Gasteiger partial charge on any atom is 0.471 e. The molecule has 1 aliphatic heterocycles. The summed E-state index contributed by atoms with van der Waals surface area (Å²) in [4.78, 5) is 54.2. The number of aromatic amines is 1. The maximum atomic E-state index is 13.5. The Morgan fingerprint density at radius 2 is 1.89 bits per heavy atom. The summed E-state index contributed by atoms with van der Waals surface area (Å²) in [6.45, 7) is 8.56. The first kappa shape index (κ1) is 27.2. The van der Waals surface area contributed by atoms with Gasteiger partial charge in [-0.2, -0.15) is 18.4 Å². The number of hydrogen-bond donors (Lipinski definition) is 3. The highest BCUT2D eigenvalue weighted by molar-refractivity contribution is 5.95. The highest BCUT2D eigenvalue weighted by Crippen LogP contribution is 2.65. The van der Waals surface area contributed by atoms with Gasteiger partial charge in [-0.25, -0.2) is 0 Å². The predicted octanol–water partition coefficient (Wildman–Crippen LogP) is 1.50. The van der Waals surface area contributed by atoms with Crippen molar-refractivity contribution in [3.05, 3.63) is 34.2 Å². The highest BCUT2D eigenvalue weighted by atomic mass is 19.4. The maximum absolute atomic E-state index is 13.5. The average Bonchev–Trinajstić information content (AvgIpc) is 3.09. The summed E-state index contributed by atoms with van der Waals surface area (Å²) in [5.41, 5.74) is -1.48. The Labute approximate surface area is 206 Å². The van der Waals surface area contributed by atoms with E-state index in [1.165, 1.54) is 37.9 Å². The lowest BCUT2D eigenvalue weighted by molar-refractivity contribution is -0.176. The fraction of sp³-hybridized carbons (Fsp3) is 0.625. The zero-order chi connectivity index (χ0) is 27.2. The molecule has 1 aromatic heterocycles. The lowest BCUT2D eigenvalue weighted by Gasteiger charge is -2.37. The number of rotatable bonds is 6. The number of piperidine rings is 1. The van der Waals surface area contributed by atoms with E-state index in [1.54, 1.807) is 11.4 Å². The summed E-state index contributed by atoms with van der Waals surface area (Å²) in [5.74, 6) is -3.99. The number of hydrogen-bond acceptors (Lipinski definition) is 5. The number of H-pyrrole nitrogens is 1. The Morgan fingerprint density at radius 1 is 1.25 bits per heavy atom. The Hall–Kier alpha value is -3.36. The van der Waals surface area contributed by atoms with Crippen LogP contribution in [0.25, 0.3) is 0 Å². The van der Waals surface area contributed by atoms with E-state index in [9.17, 15) is 37.6 Å². The number of pyridine rings is 1. The molecule has 5 atom stereocenters. The van der Waals surface area contributed by atoms with Gasteiger partial charge in [0.2, 0.25) is 11.8 Å². The van der Waals surface area contributed by atoms with Gasteiger partial charge in [-0.3, -0.25) is 19.2 Å². The quantitative estimate of drug-likeness (QED) is 0.534. The fourth-order valence-electron chi connectivity index (χ4n) is 5.06. The van der Waals surface area contributed by atoms with Gasteiger partial charge in [-0.05, 0) is 28.7 Å². The predicted molar refractivity (Wildman–Crippen MR) is 122 cm³/mol. The molecule has 3 N–H and O–H groups in total. The number of fused-ring (bicyclic) bond motifs is 1. The van der Waals surface area contributed by atoms with E-state index in [1.807, 2.05) is 19.9 Å². The van der Waals surface area contributed by atoms with E-state index in [0.717, 1.165) is 0 Å². The Bertz CT molecular complexity index is 1150. The van der Waals surface area contributed by atoms with Crippen molar-refractivity contribution >= 4 is 17.7 Å². The average molecular weight is 510 g/mol. The molecule has 1 aromatic rings. The molecule has 9 nitrogen and oxygen atoms in total. The molecule has 3 rings (SSSR count). The molecular formula is C24H30F3N5O4. The first-order valence-electron chi connectivity index (χ1n) is 11.5. The second-order valence-corrected chi connectivity index (χ2v) is 11.1. The van der Waals surface area contributed by atoms with Gasteiger partial charge in [0.25, 0.3) is 5.56 Å². The molecule has 0 radical (unpaired) electrons. The standard InChI is InChI=1S/C24H30F3N5O4/c1-22(2,3)17(31-21(36)24(25,26)27)20(35)32-11-14-15(23(14,4)5)16(32)19(34)30-13(10-28)9-12-7-6-8-29-18(12)33/h6-8,13-17H,9,11H2,1-5H3,(H,29,33)(H,30,34)(H,31,36)/t13?,14-,15-,16-,17+/m0/s1. The first-order chi connectivity index (χ1) is 16.5. The van der Waals surface area contributed by atoms with E-state index in [4.69, 9.17) is 0 Å². The number of alkyl halides is 3. The number of amides is 3. The Kier molecular flexibility index (Phi) is 7.00. The lowest BCUT2D eigenvalue weighted by Crippen LogP contribution is -2.61. The second-order valence-electron chi connectivity index (χ2n) is 11.1. The van der Waals surface area contributed by atoms with Crippen molar-refractivity contribution < 1.29 is 27.6 Å². The summed E-state index contributed by atoms with van der Waals surface area (Å²) >= 11 is 0. The van der Waals surface area contributed by atoms with E-state index >= 15 is 0 Å². The van der Waals surface area contributed by atoms with Crippen LogP contribution in [-0.4, -0.2) is 58.5 Å². The molecular weight excluding hydrogens is 479 g/mol. The molecule has 1 unspecified atom stereocenters. The fourth-order valence-corrected chi connectivity index (χ4v) is 5.06. The molecule has 1 saturated carbocycles. The molecule has 36 heavy (non-hydrogen) atoms. The van der Waals surface area contributed by atoms with Gasteiger partial charge in [0.05, 0.1) is 6.07 Å². The molecule has 2 heterocycles. The summed E-state index contributed by atoms with van der Waals surface area (Å²) in [5, 5.41) is 14.0. The Morgan fingerprint density at radius 3 is 2.42 bits per heavy atom. The molecule has 12 heteroatoms. The van der Waals surface area contributed by atoms with Crippen LogP contribution in [-0.2, 0) is 20.8 Å². The van der Waals surface area contributed by atoms with E-state index in [0.29, 0.717) is 0 Å². The monoisotopic (exact) mass is 509 g/mol. The van der Waals surface area contributed by atoms with Crippen LogP contribution in [0, 0.1) is 34.0 Å². The van der Waals surface area contributed by atoms with Crippen LogP contribution in [0.2, 0.25) is 0 Å². The number of aromatic nitrogens is 1. The van der Waals surface area contributed by atoms with Crippen LogP contribution in [0.1, 0.15) is 40.2 Å². The summed E-state index contributed by atoms with van der Waals surface area (Å²) in [6, 6.07) is 1.43. The molecule has 0 bridgehead atoms.